The average molecular weight is 448 g/mol. The van der Waals surface area contributed by atoms with Crippen LogP contribution in [-0.4, -0.2) is 16.0 Å². The largest absolute Gasteiger partial charge is 0.457 e. The Labute approximate surface area is 179 Å². The summed E-state index contributed by atoms with van der Waals surface area (Å²) < 4.78 is 18.8. The molecule has 0 saturated carbocycles. The molecule has 1 aromatic heterocycles. The molecule has 2 aromatic carbocycles. The van der Waals surface area contributed by atoms with Gasteiger partial charge in [-0.05, 0) is 59.8 Å². The summed E-state index contributed by atoms with van der Waals surface area (Å²) in [5.74, 6) is 0.130. The first-order valence-electron chi connectivity index (χ1n) is 8.46. The molecule has 146 valence electrons. The van der Waals surface area contributed by atoms with Gasteiger partial charge in [0, 0.05) is 16.7 Å². The molecule has 1 aliphatic rings. The number of thioether (sulfide) groups is 1. The van der Waals surface area contributed by atoms with Crippen molar-refractivity contribution in [3.05, 3.63) is 86.7 Å². The Hall–Kier alpha value is -2.54. The molecule has 0 N–H and O–H groups in total. The third kappa shape index (κ3) is 4.24. The molecule has 1 aliphatic heterocycles. The number of carbonyl (C=O) groups excluding carboxylic acids is 2. The van der Waals surface area contributed by atoms with E-state index < -0.39 is 11.1 Å². The fraction of sp³-hybridized carbons (Fsp3) is 0.0476. The van der Waals surface area contributed by atoms with E-state index in [1.807, 2.05) is 0 Å². The first-order valence-corrected chi connectivity index (χ1v) is 10.0. The fourth-order valence-electron chi connectivity index (χ4n) is 2.80. The van der Waals surface area contributed by atoms with Crippen LogP contribution in [0, 0.1) is 5.82 Å². The Bertz CT molecular complexity index is 1140. The number of furan rings is 1. The normalized spacial score (nSPS) is 15.6. The molecular formula is C21H12Cl2FNO3S. The molecule has 0 unspecified atom stereocenters. The number of halogens is 3. The third-order valence-electron chi connectivity index (χ3n) is 4.22. The molecule has 8 heteroatoms. The van der Waals surface area contributed by atoms with Gasteiger partial charge in [-0.1, -0.05) is 35.3 Å². The lowest BCUT2D eigenvalue weighted by Gasteiger charge is -2.12. The summed E-state index contributed by atoms with van der Waals surface area (Å²) in [5.41, 5.74) is 1.33. The highest BCUT2D eigenvalue weighted by Gasteiger charge is 2.35. The van der Waals surface area contributed by atoms with E-state index >= 15 is 0 Å². The summed E-state index contributed by atoms with van der Waals surface area (Å²) in [6, 6.07) is 14.1. The van der Waals surface area contributed by atoms with E-state index in [1.165, 1.54) is 30.3 Å². The van der Waals surface area contributed by atoms with Crippen LogP contribution in [0.4, 0.5) is 9.18 Å². The molecule has 4 nitrogen and oxygen atoms in total. The van der Waals surface area contributed by atoms with Crippen LogP contribution in [0.5, 0.6) is 0 Å². The Morgan fingerprint density at radius 2 is 1.79 bits per heavy atom. The van der Waals surface area contributed by atoms with Crippen molar-refractivity contribution in [1.29, 1.82) is 0 Å². The predicted octanol–water partition coefficient (Wildman–Crippen LogP) is 6.63. The first kappa shape index (κ1) is 19.8. The minimum atomic E-state index is -0.424. The molecule has 29 heavy (non-hydrogen) atoms. The second-order valence-corrected chi connectivity index (χ2v) is 8.06. The van der Waals surface area contributed by atoms with E-state index in [1.54, 1.807) is 30.3 Å². The minimum Gasteiger partial charge on any atom is -0.457 e. The summed E-state index contributed by atoms with van der Waals surface area (Å²) in [7, 11) is 0. The van der Waals surface area contributed by atoms with E-state index in [2.05, 4.69) is 0 Å². The molecular weight excluding hydrogens is 436 g/mol. The van der Waals surface area contributed by atoms with E-state index in [9.17, 15) is 14.0 Å². The van der Waals surface area contributed by atoms with Gasteiger partial charge in [0.15, 0.2) is 0 Å². The van der Waals surface area contributed by atoms with Crippen LogP contribution < -0.4 is 0 Å². The Balaban J connectivity index is 1.54. The van der Waals surface area contributed by atoms with Crippen LogP contribution in [0.3, 0.4) is 0 Å². The second-order valence-electron chi connectivity index (χ2n) is 6.22. The van der Waals surface area contributed by atoms with Crippen molar-refractivity contribution in [1.82, 2.24) is 4.90 Å². The van der Waals surface area contributed by atoms with Crippen LogP contribution >= 0.6 is 35.0 Å². The molecule has 1 fully saturated rings. The molecule has 0 bridgehead atoms. The molecule has 2 heterocycles. The van der Waals surface area contributed by atoms with Gasteiger partial charge in [-0.25, -0.2) is 4.39 Å². The second kappa shape index (κ2) is 8.06. The van der Waals surface area contributed by atoms with Gasteiger partial charge < -0.3 is 4.42 Å². The van der Waals surface area contributed by atoms with Crippen LogP contribution in [0.25, 0.3) is 17.4 Å². The van der Waals surface area contributed by atoms with Gasteiger partial charge in [-0.2, -0.15) is 0 Å². The summed E-state index contributed by atoms with van der Waals surface area (Å²) in [6.45, 7) is 0.0755. The van der Waals surface area contributed by atoms with Gasteiger partial charge in [0.25, 0.3) is 11.1 Å². The van der Waals surface area contributed by atoms with Crippen molar-refractivity contribution in [2.45, 2.75) is 6.54 Å². The maximum absolute atomic E-state index is 13.0. The standard InChI is InChI=1S/C21H12Cl2FNO3S/c22-13-3-7-16(17(23)9-13)18-8-6-15(28-18)10-19-20(26)25(21(27)29-19)11-12-1-4-14(24)5-2-12/h1-10H,11H2. The fourth-order valence-corrected chi connectivity index (χ4v) is 4.12. The smallest absolute Gasteiger partial charge is 0.293 e. The average Bonchev–Trinajstić information content (AvgIpc) is 3.24. The van der Waals surface area contributed by atoms with Gasteiger partial charge in [0.1, 0.15) is 17.3 Å². The van der Waals surface area contributed by atoms with Crippen molar-refractivity contribution >= 4 is 52.2 Å². The van der Waals surface area contributed by atoms with Crippen LogP contribution in [0.1, 0.15) is 11.3 Å². The minimum absolute atomic E-state index is 0.0755. The van der Waals surface area contributed by atoms with Crippen molar-refractivity contribution < 1.29 is 18.4 Å². The van der Waals surface area contributed by atoms with Crippen LogP contribution in [0.15, 0.2) is 63.9 Å². The Morgan fingerprint density at radius 3 is 2.52 bits per heavy atom. The van der Waals surface area contributed by atoms with Crippen molar-refractivity contribution in [3.63, 3.8) is 0 Å². The Morgan fingerprint density at radius 1 is 1.03 bits per heavy atom. The lowest BCUT2D eigenvalue weighted by molar-refractivity contribution is -0.123. The molecule has 1 saturated heterocycles. The molecule has 2 amide bonds. The number of hydrogen-bond acceptors (Lipinski definition) is 4. The SMILES string of the molecule is O=C1SC(=Cc2ccc(-c3ccc(Cl)cc3Cl)o2)C(=O)N1Cc1ccc(F)cc1. The highest BCUT2D eigenvalue weighted by Crippen LogP contribution is 2.35. The maximum atomic E-state index is 13.0. The maximum Gasteiger partial charge on any atom is 0.293 e. The van der Waals surface area contributed by atoms with Gasteiger partial charge in [0.05, 0.1) is 16.5 Å². The van der Waals surface area contributed by atoms with Crippen LogP contribution in [0.2, 0.25) is 10.0 Å². The number of imide groups is 1. The highest BCUT2D eigenvalue weighted by atomic mass is 35.5. The molecule has 0 spiro atoms. The summed E-state index contributed by atoms with van der Waals surface area (Å²) >= 11 is 12.9. The summed E-state index contributed by atoms with van der Waals surface area (Å²) in [5, 5.41) is 0.566. The van der Waals surface area contributed by atoms with Crippen LogP contribution in [-0.2, 0) is 11.3 Å². The molecule has 0 atom stereocenters. The van der Waals surface area contributed by atoms with E-state index in [0.29, 0.717) is 32.7 Å². The number of benzene rings is 2. The number of amides is 2. The molecule has 0 radical (unpaired) electrons. The molecule has 4 rings (SSSR count). The molecule has 3 aromatic rings. The van der Waals surface area contributed by atoms with Crippen molar-refractivity contribution in [3.8, 4) is 11.3 Å². The quantitative estimate of drug-likeness (QED) is 0.421. The number of rotatable bonds is 4. The van der Waals surface area contributed by atoms with Crippen molar-refractivity contribution in [2.75, 3.05) is 0 Å². The van der Waals surface area contributed by atoms with E-state index in [-0.39, 0.29) is 17.3 Å². The number of carbonyl (C=O) groups is 2. The van der Waals surface area contributed by atoms with Gasteiger partial charge in [-0.3, -0.25) is 14.5 Å². The lowest BCUT2D eigenvalue weighted by Crippen LogP contribution is -2.27. The molecule has 0 aliphatic carbocycles. The topological polar surface area (TPSA) is 50.5 Å². The van der Waals surface area contributed by atoms with Crippen molar-refractivity contribution in [2.24, 2.45) is 0 Å². The Kier molecular flexibility index (Phi) is 5.50. The predicted molar refractivity (Wildman–Crippen MR) is 112 cm³/mol. The van der Waals surface area contributed by atoms with Gasteiger partial charge >= 0.3 is 0 Å². The zero-order chi connectivity index (χ0) is 20.5. The zero-order valence-electron chi connectivity index (χ0n) is 14.7. The van der Waals surface area contributed by atoms with Gasteiger partial charge in [-0.15, -0.1) is 0 Å². The monoisotopic (exact) mass is 447 g/mol. The number of hydrogen-bond donors (Lipinski definition) is 0. The van der Waals surface area contributed by atoms with Gasteiger partial charge in [0.2, 0.25) is 0 Å². The summed E-state index contributed by atoms with van der Waals surface area (Å²) in [4.78, 5) is 26.2. The lowest BCUT2D eigenvalue weighted by atomic mass is 10.2. The highest BCUT2D eigenvalue weighted by molar-refractivity contribution is 8.18. The zero-order valence-corrected chi connectivity index (χ0v) is 17.0. The third-order valence-corrected chi connectivity index (χ3v) is 5.68. The first-order chi connectivity index (χ1) is 13.9. The number of nitrogens with zero attached hydrogens (tertiary/aromatic N) is 1. The van der Waals surface area contributed by atoms with E-state index in [0.717, 1.165) is 16.7 Å². The summed E-state index contributed by atoms with van der Waals surface area (Å²) in [6.07, 6.45) is 1.52. The van der Waals surface area contributed by atoms with E-state index in [4.69, 9.17) is 27.6 Å².